The number of carbonyl (C=O) groups excluding carboxylic acids is 1. The van der Waals surface area contributed by atoms with Crippen LogP contribution in [0.15, 0.2) is 0 Å². The number of hydrogen-bond acceptors (Lipinski definition) is 2. The molecule has 0 aliphatic heterocycles. The van der Waals surface area contributed by atoms with Crippen LogP contribution in [0.5, 0.6) is 0 Å². The van der Waals surface area contributed by atoms with E-state index in [4.69, 9.17) is 11.2 Å². The molecule has 0 fully saturated rings. The van der Waals surface area contributed by atoms with Crippen molar-refractivity contribution in [3.05, 3.63) is 0 Å². The molecule has 1 N–H and O–H groups in total. The number of ether oxygens (including phenoxy) is 1. The summed E-state index contributed by atoms with van der Waals surface area (Å²) in [7, 11) is 0. The predicted octanol–water partition coefficient (Wildman–Crippen LogP) is 1.14. The molecule has 0 heterocycles. The van der Waals surface area contributed by atoms with Gasteiger partial charge in [0.05, 0.1) is 6.54 Å². The van der Waals surface area contributed by atoms with Crippen LogP contribution in [0.4, 0.5) is 4.79 Å². The molecule has 0 aliphatic rings. The second-order valence-electron chi connectivity index (χ2n) is 2.18. The van der Waals surface area contributed by atoms with Gasteiger partial charge in [-0.3, -0.25) is 0 Å². The molecule has 62 valence electrons. The standard InChI is InChI=1S/C8H13NO2/c1-4-6-9-8(10)11-7(3)5-2/h1,7H,5-6H2,2-3H3,(H,9,10). The molecule has 0 rings (SSSR count). The van der Waals surface area contributed by atoms with Gasteiger partial charge < -0.3 is 10.1 Å². The molecule has 0 saturated heterocycles. The topological polar surface area (TPSA) is 38.3 Å². The van der Waals surface area contributed by atoms with E-state index in [0.29, 0.717) is 0 Å². The summed E-state index contributed by atoms with van der Waals surface area (Å²) in [6.07, 6.45) is 5.23. The Balaban J connectivity index is 3.45. The van der Waals surface area contributed by atoms with Crippen LogP contribution < -0.4 is 5.32 Å². The van der Waals surface area contributed by atoms with E-state index >= 15 is 0 Å². The molecule has 1 unspecified atom stereocenters. The normalized spacial score (nSPS) is 11.4. The molecule has 1 atom stereocenters. The maximum atomic E-state index is 10.7. The molecule has 3 heteroatoms. The fourth-order valence-electron chi connectivity index (χ4n) is 0.431. The largest absolute Gasteiger partial charge is 0.447 e. The first kappa shape index (κ1) is 9.83. The second-order valence-corrected chi connectivity index (χ2v) is 2.18. The quantitative estimate of drug-likeness (QED) is 0.621. The molecular formula is C8H13NO2. The highest BCUT2D eigenvalue weighted by Crippen LogP contribution is 1.94. The SMILES string of the molecule is C#CCNC(=O)OC(C)CC. The van der Waals surface area contributed by atoms with Gasteiger partial charge in [-0.15, -0.1) is 6.42 Å². The Morgan fingerprint density at radius 1 is 1.82 bits per heavy atom. The Morgan fingerprint density at radius 3 is 2.91 bits per heavy atom. The number of amides is 1. The van der Waals surface area contributed by atoms with Crippen molar-refractivity contribution in [3.8, 4) is 12.3 Å². The summed E-state index contributed by atoms with van der Waals surface area (Å²) in [6, 6.07) is 0. The van der Waals surface area contributed by atoms with Crippen LogP contribution in [0.2, 0.25) is 0 Å². The van der Waals surface area contributed by atoms with Gasteiger partial charge in [-0.2, -0.15) is 0 Å². The summed E-state index contributed by atoms with van der Waals surface area (Å²) in [5.41, 5.74) is 0. The average Bonchev–Trinajstić information content (AvgIpc) is 2.00. The van der Waals surface area contributed by atoms with Crippen molar-refractivity contribution in [1.82, 2.24) is 5.32 Å². The van der Waals surface area contributed by atoms with Crippen LogP contribution in [0.1, 0.15) is 20.3 Å². The number of carbonyl (C=O) groups is 1. The van der Waals surface area contributed by atoms with E-state index in [0.717, 1.165) is 6.42 Å². The van der Waals surface area contributed by atoms with Crippen molar-refractivity contribution in [2.24, 2.45) is 0 Å². The monoisotopic (exact) mass is 155 g/mol. The molecule has 11 heavy (non-hydrogen) atoms. The van der Waals surface area contributed by atoms with E-state index in [2.05, 4.69) is 11.2 Å². The lowest BCUT2D eigenvalue weighted by atomic mass is 10.3. The number of terminal acetylenes is 1. The fourth-order valence-corrected chi connectivity index (χ4v) is 0.431. The van der Waals surface area contributed by atoms with Crippen LogP contribution in [0.25, 0.3) is 0 Å². The Morgan fingerprint density at radius 2 is 2.45 bits per heavy atom. The lowest BCUT2D eigenvalue weighted by Crippen LogP contribution is -2.27. The zero-order valence-electron chi connectivity index (χ0n) is 6.89. The maximum Gasteiger partial charge on any atom is 0.408 e. The molecular weight excluding hydrogens is 142 g/mol. The van der Waals surface area contributed by atoms with Crippen molar-refractivity contribution < 1.29 is 9.53 Å². The van der Waals surface area contributed by atoms with Crippen molar-refractivity contribution in [2.75, 3.05) is 6.54 Å². The first-order valence-corrected chi connectivity index (χ1v) is 3.58. The van der Waals surface area contributed by atoms with Crippen molar-refractivity contribution in [3.63, 3.8) is 0 Å². The third-order valence-corrected chi connectivity index (χ3v) is 1.22. The average molecular weight is 155 g/mol. The number of alkyl carbamates (subject to hydrolysis) is 1. The van der Waals surface area contributed by atoms with Crippen molar-refractivity contribution in [2.45, 2.75) is 26.4 Å². The van der Waals surface area contributed by atoms with Gasteiger partial charge in [0.15, 0.2) is 0 Å². The minimum Gasteiger partial charge on any atom is -0.447 e. The summed E-state index contributed by atoms with van der Waals surface area (Å²) in [5.74, 6) is 2.28. The van der Waals surface area contributed by atoms with E-state index in [9.17, 15) is 4.79 Å². The highest BCUT2D eigenvalue weighted by molar-refractivity contribution is 5.67. The third kappa shape index (κ3) is 5.28. The summed E-state index contributed by atoms with van der Waals surface area (Å²) in [5, 5.41) is 2.40. The van der Waals surface area contributed by atoms with Gasteiger partial charge >= 0.3 is 6.09 Å². The molecule has 0 aromatic heterocycles. The first-order valence-electron chi connectivity index (χ1n) is 3.58. The number of hydrogen-bond donors (Lipinski definition) is 1. The van der Waals surface area contributed by atoms with Gasteiger partial charge in [-0.1, -0.05) is 12.8 Å². The first-order chi connectivity index (χ1) is 5.20. The van der Waals surface area contributed by atoms with Crippen LogP contribution in [0, 0.1) is 12.3 Å². The molecule has 1 amide bonds. The maximum absolute atomic E-state index is 10.7. The summed E-state index contributed by atoms with van der Waals surface area (Å²) < 4.78 is 4.86. The lowest BCUT2D eigenvalue weighted by molar-refractivity contribution is 0.106. The minimum atomic E-state index is -0.447. The summed E-state index contributed by atoms with van der Waals surface area (Å²) in [6.45, 7) is 3.99. The smallest absolute Gasteiger partial charge is 0.408 e. The molecule has 0 aromatic carbocycles. The molecule has 3 nitrogen and oxygen atoms in total. The Kier molecular flexibility index (Phi) is 5.01. The van der Waals surface area contributed by atoms with Crippen LogP contribution in [0.3, 0.4) is 0 Å². The van der Waals surface area contributed by atoms with Gasteiger partial charge in [0.25, 0.3) is 0 Å². The van der Waals surface area contributed by atoms with Gasteiger partial charge in [-0.25, -0.2) is 4.79 Å². The molecule has 0 bridgehead atoms. The van der Waals surface area contributed by atoms with Gasteiger partial charge in [-0.05, 0) is 13.3 Å². The summed E-state index contributed by atoms with van der Waals surface area (Å²) >= 11 is 0. The highest BCUT2D eigenvalue weighted by atomic mass is 16.6. The lowest BCUT2D eigenvalue weighted by Gasteiger charge is -2.09. The van der Waals surface area contributed by atoms with E-state index in [1.807, 2.05) is 13.8 Å². The molecule has 0 radical (unpaired) electrons. The Hall–Kier alpha value is -1.17. The molecule has 0 spiro atoms. The van der Waals surface area contributed by atoms with Crippen molar-refractivity contribution >= 4 is 6.09 Å². The zero-order valence-corrected chi connectivity index (χ0v) is 6.89. The Labute approximate surface area is 67.1 Å². The highest BCUT2D eigenvalue weighted by Gasteiger charge is 2.04. The van der Waals surface area contributed by atoms with Crippen LogP contribution in [-0.4, -0.2) is 18.7 Å². The minimum absolute atomic E-state index is 0.0484. The molecule has 0 aliphatic carbocycles. The molecule has 0 aromatic rings. The van der Waals surface area contributed by atoms with Crippen molar-refractivity contribution in [1.29, 1.82) is 0 Å². The van der Waals surface area contributed by atoms with E-state index in [1.165, 1.54) is 0 Å². The van der Waals surface area contributed by atoms with Crippen LogP contribution >= 0.6 is 0 Å². The van der Waals surface area contributed by atoms with Gasteiger partial charge in [0.1, 0.15) is 6.10 Å². The van der Waals surface area contributed by atoms with E-state index in [-0.39, 0.29) is 12.6 Å². The molecule has 0 saturated carbocycles. The third-order valence-electron chi connectivity index (χ3n) is 1.22. The summed E-state index contributed by atoms with van der Waals surface area (Å²) in [4.78, 5) is 10.7. The van der Waals surface area contributed by atoms with Gasteiger partial charge in [0, 0.05) is 0 Å². The van der Waals surface area contributed by atoms with Crippen LogP contribution in [-0.2, 0) is 4.74 Å². The Bertz CT molecular complexity index is 160. The van der Waals surface area contributed by atoms with E-state index in [1.54, 1.807) is 0 Å². The van der Waals surface area contributed by atoms with Gasteiger partial charge in [0.2, 0.25) is 0 Å². The number of rotatable bonds is 3. The fraction of sp³-hybridized carbons (Fsp3) is 0.625. The number of nitrogens with one attached hydrogen (secondary N) is 1. The predicted molar refractivity (Wildman–Crippen MR) is 43.1 cm³/mol. The van der Waals surface area contributed by atoms with E-state index < -0.39 is 6.09 Å². The second kappa shape index (κ2) is 5.60. The zero-order chi connectivity index (χ0) is 8.69.